The van der Waals surface area contributed by atoms with Crippen LogP contribution >= 0.6 is 0 Å². The first-order valence-electron chi connectivity index (χ1n) is 17.5. The Labute approximate surface area is 276 Å². The number of piperazine rings is 1. The Morgan fingerprint density at radius 2 is 1.92 bits per heavy atom. The molecule has 0 unspecified atom stereocenters. The van der Waals surface area contributed by atoms with Gasteiger partial charge in [-0.3, -0.25) is 4.90 Å². The lowest BCUT2D eigenvalue weighted by molar-refractivity contribution is -0.667. The van der Waals surface area contributed by atoms with Crippen LogP contribution < -0.4 is 19.5 Å². The summed E-state index contributed by atoms with van der Waals surface area (Å²) in [4.78, 5) is 14.4. The Morgan fingerprint density at radius 3 is 2.75 bits per heavy atom. The van der Waals surface area contributed by atoms with Gasteiger partial charge in [0.25, 0.3) is 11.6 Å². The van der Waals surface area contributed by atoms with E-state index >= 15 is 4.39 Å². The van der Waals surface area contributed by atoms with Gasteiger partial charge in [-0.2, -0.15) is 18.9 Å². The third kappa shape index (κ3) is 3.91. The third-order valence-corrected chi connectivity index (χ3v) is 12.9. The highest BCUT2D eigenvalue weighted by Crippen LogP contribution is 2.69. The number of hydrogen-bond acceptors (Lipinski definition) is 6. The Kier molecular flexibility index (Phi) is 5.98. The molecule has 5 fully saturated rings. The normalized spacial score (nSPS) is 31.5. The van der Waals surface area contributed by atoms with E-state index in [1.54, 1.807) is 13.0 Å². The number of hydrogen-bond donors (Lipinski definition) is 1. The summed E-state index contributed by atoms with van der Waals surface area (Å²) in [6, 6.07) is 9.74. The van der Waals surface area contributed by atoms with Crippen molar-refractivity contribution in [1.29, 1.82) is 0 Å². The van der Waals surface area contributed by atoms with Crippen molar-refractivity contribution in [3.8, 4) is 17.3 Å². The van der Waals surface area contributed by atoms with Crippen LogP contribution in [-0.2, 0) is 13.5 Å². The van der Waals surface area contributed by atoms with Gasteiger partial charge in [0.1, 0.15) is 30.4 Å². The first-order chi connectivity index (χ1) is 23.1. The molecule has 4 saturated heterocycles. The second-order valence-electron chi connectivity index (χ2n) is 15.5. The number of anilines is 1. The minimum absolute atomic E-state index is 0.0626. The minimum Gasteiger partial charge on any atom is -0.461 e. The van der Waals surface area contributed by atoms with Gasteiger partial charge in [0.15, 0.2) is 11.5 Å². The zero-order valence-electron chi connectivity index (χ0n) is 27.3. The fourth-order valence-electron chi connectivity index (χ4n) is 10.4. The number of benzene rings is 2. The summed E-state index contributed by atoms with van der Waals surface area (Å²) in [6.07, 6.45) is 5.78. The third-order valence-electron chi connectivity index (χ3n) is 12.9. The molecule has 4 aromatic rings. The molecule has 0 amide bonds. The summed E-state index contributed by atoms with van der Waals surface area (Å²) < 4.78 is 69.8. The molecule has 2 aromatic carbocycles. The highest BCUT2D eigenvalue weighted by atomic mass is 19.3. The van der Waals surface area contributed by atoms with Crippen molar-refractivity contribution in [1.82, 2.24) is 20.2 Å². The number of halogens is 4. The number of nitrogens with one attached hydrogen (secondary N) is 1. The molecular formula is C37H39F4N6O+. The zero-order valence-corrected chi connectivity index (χ0v) is 27.3. The maximum absolute atomic E-state index is 17.4. The lowest BCUT2D eigenvalue weighted by Gasteiger charge is -2.41. The van der Waals surface area contributed by atoms with Crippen LogP contribution in [0, 0.1) is 24.0 Å². The van der Waals surface area contributed by atoms with Gasteiger partial charge in [-0.05, 0) is 75.1 Å². The second-order valence-corrected chi connectivity index (χ2v) is 15.5. The molecule has 5 aliphatic heterocycles. The molecule has 1 N–H and O–H groups in total. The summed E-state index contributed by atoms with van der Waals surface area (Å²) in [5.74, 6) is -2.79. The molecule has 1 spiro atoms. The minimum atomic E-state index is -2.63. The van der Waals surface area contributed by atoms with Gasteiger partial charge in [-0.25, -0.2) is 13.2 Å². The fraction of sp³-hybridized carbons (Fsp3) is 0.541. The monoisotopic (exact) mass is 659 g/mol. The molecule has 48 heavy (non-hydrogen) atoms. The van der Waals surface area contributed by atoms with Crippen LogP contribution in [0.5, 0.6) is 6.01 Å². The van der Waals surface area contributed by atoms with Crippen molar-refractivity contribution in [2.75, 3.05) is 31.1 Å². The molecule has 2 bridgehead atoms. The number of nitrogens with zero attached hydrogens (tertiary/aromatic N) is 5. The molecule has 1 saturated carbocycles. The number of pyridine rings is 1. The van der Waals surface area contributed by atoms with Crippen LogP contribution in [-0.4, -0.2) is 70.7 Å². The number of alkyl halides is 2. The van der Waals surface area contributed by atoms with Crippen molar-refractivity contribution >= 4 is 27.5 Å². The van der Waals surface area contributed by atoms with Gasteiger partial charge >= 0.3 is 6.01 Å². The van der Waals surface area contributed by atoms with Crippen molar-refractivity contribution in [2.24, 2.45) is 12.5 Å². The Morgan fingerprint density at radius 1 is 1.06 bits per heavy atom. The SMILES string of the molecule is Cc1c(F)ccc2cccc(-c3c(F)c4nc(OC[C@@]56CCCN5C[C@@]5(CC5(F)F)C6)nc5c4c([n+]3C)CC[C@@H]3[C@@H]4CC[C@H](CN53)N4)c12. The van der Waals surface area contributed by atoms with Crippen LogP contribution in [0.15, 0.2) is 30.3 Å². The quantitative estimate of drug-likeness (QED) is 0.222. The van der Waals surface area contributed by atoms with Gasteiger partial charge in [0.05, 0.1) is 16.5 Å². The highest BCUT2D eigenvalue weighted by molar-refractivity contribution is 6.00. The highest BCUT2D eigenvalue weighted by Gasteiger charge is 2.77. The number of aryl methyl sites for hydroxylation is 2. The average molecular weight is 660 g/mol. The molecular weight excluding hydrogens is 620 g/mol. The maximum atomic E-state index is 17.4. The van der Waals surface area contributed by atoms with E-state index < -0.39 is 22.7 Å². The van der Waals surface area contributed by atoms with Crippen LogP contribution in [0.25, 0.3) is 32.9 Å². The molecule has 250 valence electrons. The lowest BCUT2D eigenvalue weighted by atomic mass is 9.89. The van der Waals surface area contributed by atoms with Crippen LogP contribution in [0.1, 0.15) is 56.2 Å². The van der Waals surface area contributed by atoms with Gasteiger partial charge < -0.3 is 15.0 Å². The standard InChI is InChI=1S/C37H39F4N6O/c1-20-24(38)9-7-21-5-3-6-23(28(20)21)32-30(39)31-29-27(45(32)2)12-11-26-25-10-8-22(42-25)15-47(26)33(29)44-34(43-31)48-19-36-13-4-14-46(36)18-35(16-36)17-37(35,40)41/h3,5-7,9,22,25-26,42H,4,8,10-19H2,1-2H3/q+1/t22-,25+,26-,35+,36+/m1/s1. The Balaban J connectivity index is 1.15. The van der Waals surface area contributed by atoms with E-state index in [-0.39, 0.29) is 36.4 Å². The number of rotatable bonds is 4. The van der Waals surface area contributed by atoms with Gasteiger partial charge in [-0.1, -0.05) is 18.2 Å². The van der Waals surface area contributed by atoms with Crippen molar-refractivity contribution in [3.63, 3.8) is 0 Å². The van der Waals surface area contributed by atoms with E-state index in [4.69, 9.17) is 14.7 Å². The number of aromatic nitrogens is 3. The van der Waals surface area contributed by atoms with Gasteiger partial charge in [0, 0.05) is 49.4 Å². The molecule has 1 aliphatic carbocycles. The topological polar surface area (TPSA) is 57.4 Å². The summed E-state index contributed by atoms with van der Waals surface area (Å²) >= 11 is 0. The molecule has 5 atom stereocenters. The van der Waals surface area contributed by atoms with E-state index in [0.717, 1.165) is 56.3 Å². The smallest absolute Gasteiger partial charge is 0.319 e. The second kappa shape index (κ2) is 9.78. The van der Waals surface area contributed by atoms with E-state index in [0.29, 0.717) is 64.9 Å². The summed E-state index contributed by atoms with van der Waals surface area (Å²) in [7, 11) is 1.89. The van der Waals surface area contributed by atoms with Gasteiger partial charge in [0.2, 0.25) is 5.82 Å². The molecule has 10 rings (SSSR count). The van der Waals surface area contributed by atoms with Crippen LogP contribution in [0.4, 0.5) is 23.4 Å². The van der Waals surface area contributed by atoms with Gasteiger partial charge in [-0.15, -0.1) is 0 Å². The predicted molar refractivity (Wildman–Crippen MR) is 173 cm³/mol. The Hall–Kier alpha value is -3.57. The zero-order chi connectivity index (χ0) is 32.7. The summed E-state index contributed by atoms with van der Waals surface area (Å²) in [5.41, 5.74) is 1.10. The fourth-order valence-corrected chi connectivity index (χ4v) is 10.4. The van der Waals surface area contributed by atoms with Crippen molar-refractivity contribution in [3.05, 3.63) is 53.2 Å². The molecule has 11 heteroatoms. The summed E-state index contributed by atoms with van der Waals surface area (Å²) in [5, 5.41) is 5.99. The average Bonchev–Trinajstić information content (AvgIpc) is 3.36. The molecule has 0 radical (unpaired) electrons. The predicted octanol–water partition coefficient (Wildman–Crippen LogP) is 5.76. The first kappa shape index (κ1) is 29.4. The van der Waals surface area contributed by atoms with E-state index in [9.17, 15) is 13.2 Å². The Bertz CT molecular complexity index is 2060. The molecule has 2 aromatic heterocycles. The summed E-state index contributed by atoms with van der Waals surface area (Å²) in [6.45, 7) is 3.85. The maximum Gasteiger partial charge on any atom is 0.319 e. The van der Waals surface area contributed by atoms with Crippen molar-refractivity contribution < 1.29 is 26.9 Å². The molecule has 7 heterocycles. The van der Waals surface area contributed by atoms with E-state index in [1.165, 1.54) is 6.07 Å². The lowest BCUT2D eigenvalue weighted by Crippen LogP contribution is -2.58. The van der Waals surface area contributed by atoms with E-state index in [2.05, 4.69) is 15.1 Å². The van der Waals surface area contributed by atoms with Crippen LogP contribution in [0.2, 0.25) is 0 Å². The number of fused-ring (bicyclic) bond motifs is 7. The van der Waals surface area contributed by atoms with Crippen molar-refractivity contribution in [2.45, 2.75) is 87.9 Å². The van der Waals surface area contributed by atoms with Crippen LogP contribution in [0.3, 0.4) is 0 Å². The first-order valence-corrected chi connectivity index (χ1v) is 17.5. The number of ether oxygens (including phenoxy) is 1. The largest absolute Gasteiger partial charge is 0.461 e. The molecule has 7 nitrogen and oxygen atoms in total. The molecule has 6 aliphatic rings. The van der Waals surface area contributed by atoms with E-state index in [1.807, 2.05) is 29.8 Å².